The standard InChI is InChI=1S/C18H32NO5P/c1-17(2,3)23-25(20,24-18(4,5)6)22-13-12-19-14-15-8-10-16(21-7)11-9-15/h8-11,19H,12-14H2,1-7H3. The summed E-state index contributed by atoms with van der Waals surface area (Å²) in [5.74, 6) is 0.826. The highest BCUT2D eigenvalue weighted by Gasteiger charge is 2.36. The van der Waals surface area contributed by atoms with Crippen LogP contribution in [0.25, 0.3) is 0 Å². The first-order valence-corrected chi connectivity index (χ1v) is 9.88. The molecule has 0 aromatic heterocycles. The Bertz CT molecular complexity index is 540. The first-order valence-electron chi connectivity index (χ1n) is 8.42. The van der Waals surface area contributed by atoms with Crippen LogP contribution in [0.15, 0.2) is 24.3 Å². The quantitative estimate of drug-likeness (QED) is 0.506. The lowest BCUT2D eigenvalue weighted by Gasteiger charge is -2.30. The predicted octanol–water partition coefficient (Wildman–Crippen LogP) is 4.54. The van der Waals surface area contributed by atoms with Gasteiger partial charge >= 0.3 is 7.82 Å². The molecule has 0 unspecified atom stereocenters. The Morgan fingerprint density at radius 3 is 1.92 bits per heavy atom. The Balaban J connectivity index is 2.46. The van der Waals surface area contributed by atoms with Crippen LogP contribution < -0.4 is 10.1 Å². The SMILES string of the molecule is COc1ccc(CNCCOP(=O)(OC(C)(C)C)OC(C)(C)C)cc1. The molecule has 25 heavy (non-hydrogen) atoms. The Labute approximate surface area is 151 Å². The van der Waals surface area contributed by atoms with Crippen LogP contribution in [0.2, 0.25) is 0 Å². The summed E-state index contributed by atoms with van der Waals surface area (Å²) >= 11 is 0. The number of ether oxygens (including phenoxy) is 1. The summed E-state index contributed by atoms with van der Waals surface area (Å²) in [7, 11) is -2.00. The first kappa shape index (κ1) is 22.1. The van der Waals surface area contributed by atoms with Crippen molar-refractivity contribution < 1.29 is 22.9 Å². The minimum atomic E-state index is -3.64. The molecule has 0 saturated heterocycles. The van der Waals surface area contributed by atoms with E-state index in [-0.39, 0.29) is 6.61 Å². The molecule has 1 aromatic rings. The van der Waals surface area contributed by atoms with E-state index in [4.69, 9.17) is 18.3 Å². The van der Waals surface area contributed by atoms with E-state index in [1.54, 1.807) is 7.11 Å². The summed E-state index contributed by atoms with van der Waals surface area (Å²) in [6.45, 7) is 12.3. The highest BCUT2D eigenvalue weighted by Crippen LogP contribution is 2.55. The van der Waals surface area contributed by atoms with Crippen molar-refractivity contribution in [3.05, 3.63) is 29.8 Å². The number of hydrogen-bond donors (Lipinski definition) is 1. The van der Waals surface area contributed by atoms with Crippen molar-refractivity contribution >= 4 is 7.82 Å². The summed E-state index contributed by atoms with van der Waals surface area (Å²) in [6, 6.07) is 7.80. The van der Waals surface area contributed by atoms with Gasteiger partial charge in [-0.1, -0.05) is 12.1 Å². The zero-order chi connectivity index (χ0) is 19.1. The summed E-state index contributed by atoms with van der Waals surface area (Å²) in [6.07, 6.45) is 0. The van der Waals surface area contributed by atoms with Crippen molar-refractivity contribution in [3.63, 3.8) is 0 Å². The second kappa shape index (κ2) is 9.15. The molecule has 0 bridgehead atoms. The number of hydrogen-bond acceptors (Lipinski definition) is 6. The van der Waals surface area contributed by atoms with Crippen LogP contribution in [-0.2, 0) is 24.7 Å². The smallest absolute Gasteiger partial charge is 0.475 e. The van der Waals surface area contributed by atoms with Crippen molar-refractivity contribution in [3.8, 4) is 5.75 Å². The van der Waals surface area contributed by atoms with Crippen molar-refractivity contribution in [1.82, 2.24) is 5.32 Å². The zero-order valence-corrected chi connectivity index (χ0v) is 17.3. The molecule has 1 aromatic carbocycles. The molecule has 1 N–H and O–H groups in total. The van der Waals surface area contributed by atoms with Gasteiger partial charge in [-0.2, -0.15) is 0 Å². The molecule has 0 heterocycles. The van der Waals surface area contributed by atoms with E-state index < -0.39 is 19.0 Å². The van der Waals surface area contributed by atoms with Crippen molar-refractivity contribution in [2.45, 2.75) is 59.3 Å². The van der Waals surface area contributed by atoms with Crippen LogP contribution in [0.5, 0.6) is 5.75 Å². The third-order valence-corrected chi connectivity index (χ3v) is 4.83. The van der Waals surface area contributed by atoms with Gasteiger partial charge in [0.15, 0.2) is 0 Å². The molecule has 6 nitrogen and oxygen atoms in total. The van der Waals surface area contributed by atoms with Crippen LogP contribution in [0.4, 0.5) is 0 Å². The average molecular weight is 373 g/mol. The van der Waals surface area contributed by atoms with Gasteiger partial charge in [0.25, 0.3) is 0 Å². The van der Waals surface area contributed by atoms with Gasteiger partial charge in [-0.05, 0) is 59.2 Å². The monoisotopic (exact) mass is 373 g/mol. The third kappa shape index (κ3) is 9.97. The van der Waals surface area contributed by atoms with Crippen LogP contribution in [0.1, 0.15) is 47.1 Å². The number of phosphoric acid groups is 1. The Morgan fingerprint density at radius 2 is 1.48 bits per heavy atom. The highest BCUT2D eigenvalue weighted by atomic mass is 31.2. The third-order valence-electron chi connectivity index (χ3n) is 2.79. The lowest BCUT2D eigenvalue weighted by molar-refractivity contribution is 0.00375. The number of nitrogens with one attached hydrogen (secondary N) is 1. The first-order chi connectivity index (χ1) is 11.4. The largest absolute Gasteiger partial charge is 0.497 e. The molecule has 7 heteroatoms. The predicted molar refractivity (Wildman–Crippen MR) is 99.9 cm³/mol. The lowest BCUT2D eigenvalue weighted by Crippen LogP contribution is -2.26. The number of benzene rings is 1. The van der Waals surface area contributed by atoms with Gasteiger partial charge in [0.1, 0.15) is 5.75 Å². The fourth-order valence-electron chi connectivity index (χ4n) is 1.95. The lowest BCUT2D eigenvalue weighted by atomic mass is 10.2. The maximum atomic E-state index is 12.8. The molecular weight excluding hydrogens is 341 g/mol. The molecule has 0 aliphatic heterocycles. The van der Waals surface area contributed by atoms with Crippen molar-refractivity contribution in [2.24, 2.45) is 0 Å². The summed E-state index contributed by atoms with van der Waals surface area (Å²) in [5, 5.41) is 3.24. The van der Waals surface area contributed by atoms with Gasteiger partial charge < -0.3 is 10.1 Å². The van der Waals surface area contributed by atoms with Crippen LogP contribution >= 0.6 is 7.82 Å². The fourth-order valence-corrected chi connectivity index (χ4v) is 3.75. The average Bonchev–Trinajstić information content (AvgIpc) is 2.43. The Morgan fingerprint density at radius 1 is 0.960 bits per heavy atom. The highest BCUT2D eigenvalue weighted by molar-refractivity contribution is 7.48. The normalized spacial score (nSPS) is 13.1. The number of phosphoric ester groups is 1. The van der Waals surface area contributed by atoms with Crippen LogP contribution in [-0.4, -0.2) is 31.5 Å². The topological polar surface area (TPSA) is 66.0 Å². The van der Waals surface area contributed by atoms with Crippen LogP contribution in [0.3, 0.4) is 0 Å². The second-order valence-corrected chi connectivity index (χ2v) is 9.23. The minimum Gasteiger partial charge on any atom is -0.497 e. The van der Waals surface area contributed by atoms with Gasteiger partial charge in [-0.15, -0.1) is 0 Å². The molecule has 0 amide bonds. The van der Waals surface area contributed by atoms with Gasteiger partial charge in [0, 0.05) is 13.1 Å². The van der Waals surface area contributed by atoms with Crippen LogP contribution in [0, 0.1) is 0 Å². The van der Waals surface area contributed by atoms with Crippen molar-refractivity contribution in [2.75, 3.05) is 20.3 Å². The summed E-state index contributed by atoms with van der Waals surface area (Å²) in [4.78, 5) is 0. The molecule has 0 spiro atoms. The molecule has 0 fully saturated rings. The van der Waals surface area contributed by atoms with Gasteiger partial charge in [-0.25, -0.2) is 4.57 Å². The molecule has 0 saturated carbocycles. The minimum absolute atomic E-state index is 0.222. The second-order valence-electron chi connectivity index (χ2n) is 7.71. The van der Waals surface area contributed by atoms with Gasteiger partial charge in [0.2, 0.25) is 0 Å². The van der Waals surface area contributed by atoms with E-state index in [0.29, 0.717) is 13.1 Å². The van der Waals surface area contributed by atoms with E-state index in [2.05, 4.69) is 5.32 Å². The van der Waals surface area contributed by atoms with E-state index in [1.165, 1.54) is 0 Å². The Hall–Kier alpha value is -0.910. The molecule has 0 aliphatic rings. The molecule has 144 valence electrons. The Kier molecular flexibility index (Phi) is 8.10. The summed E-state index contributed by atoms with van der Waals surface area (Å²) < 4.78 is 34.6. The van der Waals surface area contributed by atoms with Gasteiger partial charge in [0.05, 0.1) is 24.9 Å². The molecule has 0 atom stereocenters. The fraction of sp³-hybridized carbons (Fsp3) is 0.667. The molecular formula is C18H32NO5P. The molecule has 0 aliphatic carbocycles. The van der Waals surface area contributed by atoms with E-state index in [0.717, 1.165) is 11.3 Å². The summed E-state index contributed by atoms with van der Waals surface area (Å²) in [5.41, 5.74) is -0.130. The molecule has 0 radical (unpaired) electrons. The van der Waals surface area contributed by atoms with Gasteiger partial charge in [-0.3, -0.25) is 13.6 Å². The van der Waals surface area contributed by atoms with E-state index in [9.17, 15) is 4.57 Å². The maximum Gasteiger partial charge on any atom is 0.475 e. The number of rotatable bonds is 9. The van der Waals surface area contributed by atoms with E-state index >= 15 is 0 Å². The zero-order valence-electron chi connectivity index (χ0n) is 16.4. The molecule has 1 rings (SSSR count). The van der Waals surface area contributed by atoms with E-state index in [1.807, 2.05) is 65.8 Å². The van der Waals surface area contributed by atoms with Crippen molar-refractivity contribution in [1.29, 1.82) is 0 Å². The maximum absolute atomic E-state index is 12.8. The number of methoxy groups -OCH3 is 1.